The molecule has 3 rings (SSSR count). The Morgan fingerprint density at radius 1 is 1.23 bits per heavy atom. The highest BCUT2D eigenvalue weighted by Gasteiger charge is 2.34. The molecule has 0 bridgehead atoms. The summed E-state index contributed by atoms with van der Waals surface area (Å²) in [6, 6.07) is 2.18. The van der Waals surface area contributed by atoms with Crippen molar-refractivity contribution in [2.45, 2.75) is 20.0 Å². The first-order chi connectivity index (χ1) is 14.1. The maximum Gasteiger partial charge on any atom is 0.414 e. The number of nitrogens with one attached hydrogen (secondary N) is 1. The molecule has 2 saturated heterocycles. The fourth-order valence-electron chi connectivity index (χ4n) is 3.48. The Bertz CT molecular complexity index is 913. The molecule has 0 radical (unpaired) electrons. The maximum atomic E-state index is 14.8. The molecule has 1 aromatic rings. The number of amides is 1. The molecule has 12 heteroatoms. The molecule has 0 spiro atoms. The van der Waals surface area contributed by atoms with Crippen molar-refractivity contribution in [1.29, 1.82) is 0 Å². The molecule has 1 aromatic carbocycles. The number of hydrogen-bond acceptors (Lipinski definition) is 6. The summed E-state index contributed by atoms with van der Waals surface area (Å²) in [5, 5.41) is 2.90. The predicted octanol–water partition coefficient (Wildman–Crippen LogP) is 1.70. The summed E-state index contributed by atoms with van der Waals surface area (Å²) < 4.78 is 60.1. The van der Waals surface area contributed by atoms with Gasteiger partial charge in [0.15, 0.2) is 11.6 Å². The van der Waals surface area contributed by atoms with Gasteiger partial charge in [0.1, 0.15) is 11.8 Å². The highest BCUT2D eigenvalue weighted by atomic mass is 32.2. The molecular formula is C18H24F2N4O4S2. The third-order valence-corrected chi connectivity index (χ3v) is 7.11. The molecule has 0 aromatic heterocycles. The molecule has 2 aliphatic heterocycles. The van der Waals surface area contributed by atoms with E-state index in [0.717, 1.165) is 12.1 Å². The van der Waals surface area contributed by atoms with E-state index in [-0.39, 0.29) is 49.9 Å². The summed E-state index contributed by atoms with van der Waals surface area (Å²) in [6.45, 7) is 4.36. The highest BCUT2D eigenvalue weighted by molar-refractivity contribution is 7.89. The molecule has 0 unspecified atom stereocenters. The minimum absolute atomic E-state index is 0.0170. The monoisotopic (exact) mass is 462 g/mol. The molecule has 0 saturated carbocycles. The fraction of sp³-hybridized carbons (Fsp3) is 0.556. The number of cyclic esters (lactones) is 1. The molecule has 0 aliphatic carbocycles. The van der Waals surface area contributed by atoms with Gasteiger partial charge in [-0.05, 0) is 13.8 Å². The Morgan fingerprint density at radius 2 is 1.83 bits per heavy atom. The summed E-state index contributed by atoms with van der Waals surface area (Å²) in [5.41, 5.74) is -0.165. The molecule has 1 atom stereocenters. The van der Waals surface area contributed by atoms with Crippen LogP contribution >= 0.6 is 12.2 Å². The van der Waals surface area contributed by atoms with E-state index in [0.29, 0.717) is 11.5 Å². The van der Waals surface area contributed by atoms with Crippen molar-refractivity contribution < 1.29 is 26.7 Å². The first kappa shape index (κ1) is 22.6. The largest absolute Gasteiger partial charge is 0.442 e. The van der Waals surface area contributed by atoms with Crippen LogP contribution in [0.25, 0.3) is 0 Å². The summed E-state index contributed by atoms with van der Waals surface area (Å²) in [6.07, 6.45) is -1.18. The number of sulfonamides is 1. The molecule has 2 heterocycles. The van der Waals surface area contributed by atoms with Crippen molar-refractivity contribution in [3.05, 3.63) is 23.8 Å². The Balaban J connectivity index is 1.72. The molecule has 2 fully saturated rings. The lowest BCUT2D eigenvalue weighted by molar-refractivity contribution is 0.143. The van der Waals surface area contributed by atoms with Gasteiger partial charge in [-0.3, -0.25) is 4.90 Å². The van der Waals surface area contributed by atoms with E-state index in [9.17, 15) is 22.0 Å². The van der Waals surface area contributed by atoms with E-state index in [1.165, 1.54) is 14.1 Å². The van der Waals surface area contributed by atoms with Gasteiger partial charge in [-0.1, -0.05) is 12.2 Å². The van der Waals surface area contributed by atoms with E-state index in [4.69, 9.17) is 17.0 Å². The number of piperazine rings is 1. The van der Waals surface area contributed by atoms with Crippen LogP contribution in [0.3, 0.4) is 0 Å². The number of ether oxygens (including phenoxy) is 1. The number of hydrogen-bond donors (Lipinski definition) is 1. The Labute approximate surface area is 179 Å². The summed E-state index contributed by atoms with van der Waals surface area (Å²) in [7, 11) is -3.34. The Morgan fingerprint density at radius 3 is 2.37 bits per heavy atom. The van der Waals surface area contributed by atoms with Crippen molar-refractivity contribution in [2.24, 2.45) is 0 Å². The lowest BCUT2D eigenvalue weighted by Gasteiger charge is -2.35. The number of benzene rings is 1. The van der Waals surface area contributed by atoms with E-state index < -0.39 is 33.9 Å². The van der Waals surface area contributed by atoms with Gasteiger partial charge in [-0.15, -0.1) is 0 Å². The number of rotatable bonds is 6. The van der Waals surface area contributed by atoms with Crippen LogP contribution in [0.2, 0.25) is 0 Å². The van der Waals surface area contributed by atoms with Crippen molar-refractivity contribution in [1.82, 2.24) is 9.62 Å². The van der Waals surface area contributed by atoms with E-state index in [1.54, 1.807) is 13.8 Å². The number of carbonyl (C=O) groups excluding carboxylic acids is 1. The topological polar surface area (TPSA) is 82.2 Å². The molecule has 30 heavy (non-hydrogen) atoms. The zero-order chi connectivity index (χ0) is 22.1. The molecular weight excluding hydrogens is 438 g/mol. The molecule has 8 nitrogen and oxygen atoms in total. The van der Waals surface area contributed by atoms with Crippen LogP contribution in [0, 0.1) is 11.6 Å². The van der Waals surface area contributed by atoms with Crippen molar-refractivity contribution in [3.8, 4) is 0 Å². The molecule has 1 amide bonds. The van der Waals surface area contributed by atoms with Crippen molar-refractivity contribution in [2.75, 3.05) is 54.8 Å². The maximum absolute atomic E-state index is 14.8. The van der Waals surface area contributed by atoms with Crippen LogP contribution in [0.4, 0.5) is 25.0 Å². The second-order valence-corrected chi connectivity index (χ2v) is 9.97. The average Bonchev–Trinajstić information content (AvgIpc) is 3.07. The predicted molar refractivity (Wildman–Crippen MR) is 113 cm³/mol. The van der Waals surface area contributed by atoms with Crippen LogP contribution in [0.5, 0.6) is 0 Å². The minimum Gasteiger partial charge on any atom is -0.442 e. The van der Waals surface area contributed by atoms with Crippen molar-refractivity contribution >= 4 is 44.7 Å². The van der Waals surface area contributed by atoms with E-state index in [1.807, 2.05) is 0 Å². The summed E-state index contributed by atoms with van der Waals surface area (Å²) in [4.78, 5) is 15.3. The Hall–Kier alpha value is -2.05. The van der Waals surface area contributed by atoms with Gasteiger partial charge in [-0.2, -0.15) is 4.31 Å². The number of carbonyl (C=O) groups is 1. The number of nitrogens with zero attached hydrogens (tertiary/aromatic N) is 3. The van der Waals surface area contributed by atoms with Gasteiger partial charge < -0.3 is 15.0 Å². The average molecular weight is 463 g/mol. The van der Waals surface area contributed by atoms with Crippen LogP contribution in [-0.4, -0.2) is 74.9 Å². The van der Waals surface area contributed by atoms with Gasteiger partial charge in [-0.25, -0.2) is 22.0 Å². The summed E-state index contributed by atoms with van der Waals surface area (Å²) in [5.74, 6) is -1.65. The second-order valence-electron chi connectivity index (χ2n) is 7.10. The first-order valence-electron chi connectivity index (χ1n) is 9.56. The van der Waals surface area contributed by atoms with Crippen molar-refractivity contribution in [3.63, 3.8) is 0 Å². The highest BCUT2D eigenvalue weighted by Crippen LogP contribution is 2.31. The van der Waals surface area contributed by atoms with Crippen LogP contribution in [-0.2, 0) is 14.8 Å². The second kappa shape index (κ2) is 8.98. The zero-order valence-electron chi connectivity index (χ0n) is 16.7. The molecule has 166 valence electrons. The first-order valence-corrected chi connectivity index (χ1v) is 11.6. The SMILES string of the molecule is CCS(=O)(=O)N1CCN(c2c(F)cc(N3C[C@H](CNC(C)=S)OC3=O)cc2F)CC1. The lowest BCUT2D eigenvalue weighted by Crippen LogP contribution is -2.49. The lowest BCUT2D eigenvalue weighted by atomic mass is 10.2. The number of anilines is 2. The van der Waals surface area contributed by atoms with Crippen LogP contribution < -0.4 is 15.1 Å². The summed E-state index contributed by atoms with van der Waals surface area (Å²) >= 11 is 4.92. The van der Waals surface area contributed by atoms with Crippen LogP contribution in [0.1, 0.15) is 13.8 Å². The van der Waals surface area contributed by atoms with Crippen LogP contribution in [0.15, 0.2) is 12.1 Å². The molecule has 1 N–H and O–H groups in total. The van der Waals surface area contributed by atoms with E-state index >= 15 is 0 Å². The van der Waals surface area contributed by atoms with Gasteiger partial charge in [0.2, 0.25) is 10.0 Å². The number of thiocarbonyl (C=S) groups is 1. The van der Waals surface area contributed by atoms with Gasteiger partial charge in [0, 0.05) is 38.3 Å². The van der Waals surface area contributed by atoms with Gasteiger partial charge in [0.05, 0.1) is 29.5 Å². The number of halogens is 2. The third kappa shape index (κ3) is 4.81. The smallest absolute Gasteiger partial charge is 0.414 e. The standard InChI is InChI=1S/C18H24F2N4O4S2/c1-3-30(26,27)23-6-4-22(5-7-23)17-15(19)8-13(9-16(17)20)24-11-14(28-18(24)25)10-21-12(2)29/h8-9,14H,3-7,10-11H2,1-2H3,(H,21,29)/t14-/m0/s1. The third-order valence-electron chi connectivity index (χ3n) is 5.08. The van der Waals surface area contributed by atoms with E-state index in [2.05, 4.69) is 5.32 Å². The quantitative estimate of drug-likeness (QED) is 0.645. The fourth-order valence-corrected chi connectivity index (χ4v) is 4.65. The Kier molecular flexibility index (Phi) is 6.78. The van der Waals surface area contributed by atoms with Gasteiger partial charge in [0.25, 0.3) is 0 Å². The normalized spacial score (nSPS) is 20.4. The minimum atomic E-state index is -3.34. The zero-order valence-corrected chi connectivity index (χ0v) is 18.4. The van der Waals surface area contributed by atoms with Gasteiger partial charge >= 0.3 is 6.09 Å². The molecule has 2 aliphatic rings.